The third kappa shape index (κ3) is 5.36. The van der Waals surface area contributed by atoms with Crippen molar-refractivity contribution in [1.82, 2.24) is 5.32 Å². The van der Waals surface area contributed by atoms with Gasteiger partial charge in [-0.25, -0.2) is 4.39 Å². The molecule has 0 atom stereocenters. The van der Waals surface area contributed by atoms with E-state index in [1.165, 1.54) is 12.3 Å². The van der Waals surface area contributed by atoms with E-state index in [1.807, 2.05) is 13.0 Å². The van der Waals surface area contributed by atoms with Crippen molar-refractivity contribution in [2.24, 2.45) is 0 Å². The number of benzene rings is 2. The molecule has 0 unspecified atom stereocenters. The van der Waals surface area contributed by atoms with E-state index >= 15 is 0 Å². The Morgan fingerprint density at radius 2 is 1.96 bits per heavy atom. The van der Waals surface area contributed by atoms with Crippen molar-refractivity contribution in [2.75, 3.05) is 11.9 Å². The molecular weight excluding hydrogens is 321 g/mol. The second-order valence-electron chi connectivity index (χ2n) is 5.05. The molecule has 5 nitrogen and oxygen atoms in total. The van der Waals surface area contributed by atoms with Gasteiger partial charge in [0.15, 0.2) is 0 Å². The smallest absolute Gasteiger partial charge is 0.267 e. The Bertz CT molecular complexity index is 795. The summed E-state index contributed by atoms with van der Waals surface area (Å²) in [6, 6.07) is 14.9. The zero-order valence-corrected chi connectivity index (χ0v) is 13.8. The highest BCUT2D eigenvalue weighted by Crippen LogP contribution is 2.16. The Morgan fingerprint density at radius 3 is 2.60 bits per heavy atom. The van der Waals surface area contributed by atoms with Gasteiger partial charge in [0.1, 0.15) is 23.2 Å². The molecule has 0 aliphatic rings. The largest absolute Gasteiger partial charge is 0.494 e. The molecule has 0 spiro atoms. The van der Waals surface area contributed by atoms with Crippen molar-refractivity contribution in [1.29, 1.82) is 5.26 Å². The van der Waals surface area contributed by atoms with Crippen LogP contribution in [0.4, 0.5) is 10.1 Å². The molecule has 2 N–H and O–H groups in total. The molecule has 0 saturated carbocycles. The molecule has 0 aromatic heterocycles. The highest BCUT2D eigenvalue weighted by atomic mass is 19.1. The van der Waals surface area contributed by atoms with Crippen molar-refractivity contribution in [2.45, 2.75) is 13.5 Å². The zero-order valence-electron chi connectivity index (χ0n) is 13.8. The molecule has 2 rings (SSSR count). The van der Waals surface area contributed by atoms with Crippen LogP contribution in [0.15, 0.2) is 60.3 Å². The molecule has 0 heterocycles. The molecule has 0 radical (unpaired) electrons. The minimum atomic E-state index is -0.548. The van der Waals surface area contributed by atoms with E-state index in [-0.39, 0.29) is 17.9 Å². The zero-order chi connectivity index (χ0) is 18.1. The monoisotopic (exact) mass is 339 g/mol. The number of ether oxygens (including phenoxy) is 1. The first-order valence-corrected chi connectivity index (χ1v) is 7.75. The number of nitriles is 1. The maximum Gasteiger partial charge on any atom is 0.267 e. The Morgan fingerprint density at radius 1 is 1.24 bits per heavy atom. The summed E-state index contributed by atoms with van der Waals surface area (Å²) in [5.74, 6) is -0.198. The summed E-state index contributed by atoms with van der Waals surface area (Å²) in [6.07, 6.45) is 1.27. The van der Waals surface area contributed by atoms with Gasteiger partial charge in [0.2, 0.25) is 0 Å². The fourth-order valence-corrected chi connectivity index (χ4v) is 2.05. The van der Waals surface area contributed by atoms with Crippen LogP contribution in [0.1, 0.15) is 12.5 Å². The summed E-state index contributed by atoms with van der Waals surface area (Å²) < 4.78 is 18.8. The van der Waals surface area contributed by atoms with Crippen LogP contribution in [0.3, 0.4) is 0 Å². The van der Waals surface area contributed by atoms with Gasteiger partial charge in [-0.1, -0.05) is 18.2 Å². The fraction of sp³-hybridized carbons (Fsp3) is 0.158. The van der Waals surface area contributed by atoms with Crippen LogP contribution in [0.5, 0.6) is 5.75 Å². The van der Waals surface area contributed by atoms with Crippen molar-refractivity contribution in [3.8, 4) is 11.8 Å². The van der Waals surface area contributed by atoms with Gasteiger partial charge in [0, 0.05) is 24.0 Å². The molecule has 0 saturated heterocycles. The Hall–Kier alpha value is -3.33. The van der Waals surface area contributed by atoms with E-state index in [4.69, 9.17) is 10.00 Å². The summed E-state index contributed by atoms with van der Waals surface area (Å²) in [5.41, 5.74) is 0.886. The van der Waals surface area contributed by atoms with E-state index in [9.17, 15) is 9.18 Å². The maximum absolute atomic E-state index is 13.5. The third-order valence-corrected chi connectivity index (χ3v) is 3.29. The lowest BCUT2D eigenvalue weighted by atomic mass is 10.2. The van der Waals surface area contributed by atoms with Crippen LogP contribution < -0.4 is 15.4 Å². The standard InChI is InChI=1S/C19H18FN3O2/c1-2-25-17-9-7-16(8-10-17)23-19(24)15(11-21)13-22-12-14-5-3-4-6-18(14)20/h3-10,13,22H,2,12H2,1H3,(H,23,24)/b15-13-. The lowest BCUT2D eigenvalue weighted by molar-refractivity contribution is -0.112. The molecule has 2 aromatic carbocycles. The van der Waals surface area contributed by atoms with Crippen molar-refractivity contribution < 1.29 is 13.9 Å². The summed E-state index contributed by atoms with van der Waals surface area (Å²) >= 11 is 0. The Kier molecular flexibility index (Phi) is 6.55. The average molecular weight is 339 g/mol. The van der Waals surface area contributed by atoms with Gasteiger partial charge in [0.25, 0.3) is 5.91 Å². The molecule has 0 fully saturated rings. The van der Waals surface area contributed by atoms with Crippen LogP contribution in [-0.2, 0) is 11.3 Å². The Balaban J connectivity index is 1.96. The predicted octanol–water partition coefficient (Wildman–Crippen LogP) is 3.36. The van der Waals surface area contributed by atoms with Crippen LogP contribution >= 0.6 is 0 Å². The van der Waals surface area contributed by atoms with E-state index in [1.54, 1.807) is 42.5 Å². The quantitative estimate of drug-likeness (QED) is 0.599. The molecule has 2 aromatic rings. The lowest BCUT2D eigenvalue weighted by Gasteiger charge is -2.07. The van der Waals surface area contributed by atoms with E-state index < -0.39 is 5.91 Å². The molecule has 6 heteroatoms. The van der Waals surface area contributed by atoms with Gasteiger partial charge in [-0.2, -0.15) is 5.26 Å². The average Bonchev–Trinajstić information content (AvgIpc) is 2.62. The number of rotatable bonds is 7. The molecule has 128 valence electrons. The summed E-state index contributed by atoms with van der Waals surface area (Å²) in [7, 11) is 0. The Labute approximate surface area is 145 Å². The fourth-order valence-electron chi connectivity index (χ4n) is 2.05. The second-order valence-corrected chi connectivity index (χ2v) is 5.05. The van der Waals surface area contributed by atoms with Crippen molar-refractivity contribution >= 4 is 11.6 Å². The highest BCUT2D eigenvalue weighted by molar-refractivity contribution is 6.06. The first kappa shape index (κ1) is 18.0. The molecule has 1 amide bonds. The van der Waals surface area contributed by atoms with E-state index in [2.05, 4.69) is 10.6 Å². The number of nitrogens with one attached hydrogen (secondary N) is 2. The first-order valence-electron chi connectivity index (χ1n) is 7.75. The second kappa shape index (κ2) is 9.08. The summed E-state index contributed by atoms with van der Waals surface area (Å²) in [4.78, 5) is 12.1. The van der Waals surface area contributed by atoms with Crippen LogP contribution in [-0.4, -0.2) is 12.5 Å². The normalized spacial score (nSPS) is 10.7. The predicted molar refractivity (Wildman–Crippen MR) is 93.2 cm³/mol. The van der Waals surface area contributed by atoms with Gasteiger partial charge in [-0.05, 0) is 37.3 Å². The number of hydrogen-bond acceptors (Lipinski definition) is 4. The highest BCUT2D eigenvalue weighted by Gasteiger charge is 2.09. The number of carbonyl (C=O) groups excluding carboxylic acids is 1. The lowest BCUT2D eigenvalue weighted by Crippen LogP contribution is -2.16. The minimum absolute atomic E-state index is 0.106. The minimum Gasteiger partial charge on any atom is -0.494 e. The number of nitrogens with zero attached hydrogens (tertiary/aromatic N) is 1. The van der Waals surface area contributed by atoms with Gasteiger partial charge in [0.05, 0.1) is 6.61 Å². The maximum atomic E-state index is 13.5. The van der Waals surface area contributed by atoms with Crippen LogP contribution in [0.25, 0.3) is 0 Å². The van der Waals surface area contributed by atoms with Crippen molar-refractivity contribution in [3.05, 3.63) is 71.7 Å². The molecule has 0 aliphatic heterocycles. The van der Waals surface area contributed by atoms with E-state index in [0.717, 1.165) is 0 Å². The van der Waals surface area contributed by atoms with Crippen LogP contribution in [0, 0.1) is 17.1 Å². The SMILES string of the molecule is CCOc1ccc(NC(=O)/C(C#N)=C\NCc2ccccc2F)cc1. The van der Waals surface area contributed by atoms with Gasteiger partial charge in [-0.15, -0.1) is 0 Å². The van der Waals surface area contributed by atoms with Gasteiger partial charge >= 0.3 is 0 Å². The topological polar surface area (TPSA) is 74.1 Å². The molecule has 0 bridgehead atoms. The third-order valence-electron chi connectivity index (χ3n) is 3.29. The van der Waals surface area contributed by atoms with Gasteiger partial charge in [-0.3, -0.25) is 4.79 Å². The van der Waals surface area contributed by atoms with Crippen LogP contribution in [0.2, 0.25) is 0 Å². The number of hydrogen-bond donors (Lipinski definition) is 2. The number of carbonyl (C=O) groups is 1. The van der Waals surface area contributed by atoms with E-state index in [0.29, 0.717) is 23.6 Å². The number of anilines is 1. The molecule has 25 heavy (non-hydrogen) atoms. The molecular formula is C19H18FN3O2. The first-order chi connectivity index (χ1) is 12.1. The van der Waals surface area contributed by atoms with Gasteiger partial charge < -0.3 is 15.4 Å². The summed E-state index contributed by atoms with van der Waals surface area (Å²) in [5, 5.41) is 14.5. The summed E-state index contributed by atoms with van der Waals surface area (Å²) in [6.45, 7) is 2.61. The number of halogens is 1. The molecule has 0 aliphatic carbocycles. The van der Waals surface area contributed by atoms with Crippen molar-refractivity contribution in [3.63, 3.8) is 0 Å². The number of amides is 1.